The number of nitrogen functional groups attached to an aromatic ring is 1. The first kappa shape index (κ1) is 10.9. The zero-order valence-corrected chi connectivity index (χ0v) is 9.44. The number of hydrogen-bond donors (Lipinski definition) is 2. The Kier molecular flexibility index (Phi) is 3.08. The van der Waals surface area contributed by atoms with E-state index in [0.29, 0.717) is 17.3 Å². The van der Waals surface area contributed by atoms with Crippen LogP contribution >= 0.6 is 0 Å². The van der Waals surface area contributed by atoms with Crippen LogP contribution in [0.1, 0.15) is 36.7 Å². The van der Waals surface area contributed by atoms with Gasteiger partial charge in [-0.1, -0.05) is 6.92 Å². The van der Waals surface area contributed by atoms with E-state index in [-0.39, 0.29) is 11.9 Å². The molecule has 1 aromatic rings. The number of amides is 1. The van der Waals surface area contributed by atoms with Gasteiger partial charge in [0, 0.05) is 12.2 Å². The quantitative estimate of drug-likeness (QED) is 0.793. The summed E-state index contributed by atoms with van der Waals surface area (Å²) in [5.41, 5.74) is 6.47. The Morgan fingerprint density at radius 1 is 1.56 bits per heavy atom. The molecule has 3 N–H and O–H groups in total. The van der Waals surface area contributed by atoms with Gasteiger partial charge in [-0.15, -0.1) is 0 Å². The van der Waals surface area contributed by atoms with Crippen molar-refractivity contribution in [2.45, 2.75) is 32.2 Å². The van der Waals surface area contributed by atoms with E-state index in [1.165, 1.54) is 6.42 Å². The van der Waals surface area contributed by atoms with Crippen LogP contribution in [0.2, 0.25) is 0 Å². The normalized spacial score (nSPS) is 24.3. The highest BCUT2D eigenvalue weighted by molar-refractivity contribution is 5.97. The molecule has 0 spiro atoms. The summed E-state index contributed by atoms with van der Waals surface area (Å²) in [7, 11) is 0. The summed E-state index contributed by atoms with van der Waals surface area (Å²) in [4.78, 5) is 15.9. The van der Waals surface area contributed by atoms with Crippen molar-refractivity contribution in [3.8, 4) is 0 Å². The van der Waals surface area contributed by atoms with Crippen LogP contribution in [0.3, 0.4) is 0 Å². The summed E-state index contributed by atoms with van der Waals surface area (Å²) in [5, 5.41) is 2.98. The number of aromatic nitrogens is 1. The molecule has 0 aliphatic heterocycles. The van der Waals surface area contributed by atoms with E-state index in [4.69, 9.17) is 5.73 Å². The fourth-order valence-corrected chi connectivity index (χ4v) is 2.20. The maximum atomic E-state index is 11.9. The SMILES string of the molecule is CC1CCC(NC(=O)c2ncccc2N)C1. The standard InChI is InChI=1S/C12H17N3O/c1-8-4-5-9(7-8)15-12(16)11-10(13)3-2-6-14-11/h2-3,6,8-9H,4-5,7,13H2,1H3,(H,15,16). The van der Waals surface area contributed by atoms with Gasteiger partial charge in [0.2, 0.25) is 0 Å². The van der Waals surface area contributed by atoms with E-state index in [1.807, 2.05) is 0 Å². The van der Waals surface area contributed by atoms with Gasteiger partial charge in [0.25, 0.3) is 5.91 Å². The van der Waals surface area contributed by atoms with Crippen LogP contribution in [0.5, 0.6) is 0 Å². The van der Waals surface area contributed by atoms with Crippen molar-refractivity contribution in [2.24, 2.45) is 5.92 Å². The molecule has 1 heterocycles. The molecular formula is C12H17N3O. The molecule has 1 saturated carbocycles. The first-order chi connectivity index (χ1) is 7.66. The van der Waals surface area contributed by atoms with E-state index in [1.54, 1.807) is 18.3 Å². The third-order valence-electron chi connectivity index (χ3n) is 3.08. The van der Waals surface area contributed by atoms with E-state index in [0.717, 1.165) is 12.8 Å². The van der Waals surface area contributed by atoms with Crippen LogP contribution < -0.4 is 11.1 Å². The first-order valence-electron chi connectivity index (χ1n) is 5.68. The Morgan fingerprint density at radius 3 is 3.00 bits per heavy atom. The summed E-state index contributed by atoms with van der Waals surface area (Å²) in [6.45, 7) is 2.21. The van der Waals surface area contributed by atoms with Gasteiger partial charge in [-0.05, 0) is 37.3 Å². The lowest BCUT2D eigenvalue weighted by atomic mass is 10.1. The van der Waals surface area contributed by atoms with Gasteiger partial charge in [-0.3, -0.25) is 4.79 Å². The number of carbonyl (C=O) groups excluding carboxylic acids is 1. The maximum Gasteiger partial charge on any atom is 0.272 e. The number of carbonyl (C=O) groups is 1. The minimum Gasteiger partial charge on any atom is -0.397 e. The van der Waals surface area contributed by atoms with Crippen molar-refractivity contribution in [2.75, 3.05) is 5.73 Å². The van der Waals surface area contributed by atoms with Crippen molar-refractivity contribution in [1.29, 1.82) is 0 Å². The summed E-state index contributed by atoms with van der Waals surface area (Å²) in [5.74, 6) is 0.545. The highest BCUT2D eigenvalue weighted by Crippen LogP contribution is 2.24. The number of nitrogens with one attached hydrogen (secondary N) is 1. The molecule has 1 amide bonds. The van der Waals surface area contributed by atoms with Crippen LogP contribution in [0, 0.1) is 5.92 Å². The van der Waals surface area contributed by atoms with Crippen molar-refractivity contribution in [1.82, 2.24) is 10.3 Å². The van der Waals surface area contributed by atoms with E-state index in [9.17, 15) is 4.79 Å². The lowest BCUT2D eigenvalue weighted by molar-refractivity contribution is 0.0933. The molecule has 2 unspecified atom stereocenters. The molecule has 4 nitrogen and oxygen atoms in total. The van der Waals surface area contributed by atoms with Crippen LogP contribution in [-0.2, 0) is 0 Å². The first-order valence-corrected chi connectivity index (χ1v) is 5.68. The summed E-state index contributed by atoms with van der Waals surface area (Å²) in [6, 6.07) is 3.70. The van der Waals surface area contributed by atoms with Gasteiger partial charge >= 0.3 is 0 Å². The lowest BCUT2D eigenvalue weighted by Crippen LogP contribution is -2.33. The van der Waals surface area contributed by atoms with Crippen LogP contribution in [0.15, 0.2) is 18.3 Å². The van der Waals surface area contributed by atoms with Crippen molar-refractivity contribution in [3.63, 3.8) is 0 Å². The number of nitrogens with zero attached hydrogens (tertiary/aromatic N) is 1. The second-order valence-electron chi connectivity index (χ2n) is 4.53. The molecule has 1 aliphatic rings. The zero-order valence-electron chi connectivity index (χ0n) is 9.44. The Bertz CT molecular complexity index is 392. The predicted octanol–water partition coefficient (Wildman–Crippen LogP) is 1.58. The van der Waals surface area contributed by atoms with E-state index in [2.05, 4.69) is 17.2 Å². The number of anilines is 1. The number of pyridine rings is 1. The molecule has 0 radical (unpaired) electrons. The fourth-order valence-electron chi connectivity index (χ4n) is 2.20. The minimum absolute atomic E-state index is 0.155. The molecule has 86 valence electrons. The smallest absolute Gasteiger partial charge is 0.272 e. The summed E-state index contributed by atoms with van der Waals surface area (Å²) >= 11 is 0. The largest absolute Gasteiger partial charge is 0.397 e. The van der Waals surface area contributed by atoms with E-state index >= 15 is 0 Å². The molecule has 4 heteroatoms. The Hall–Kier alpha value is -1.58. The Morgan fingerprint density at radius 2 is 2.38 bits per heavy atom. The highest BCUT2D eigenvalue weighted by Gasteiger charge is 2.23. The van der Waals surface area contributed by atoms with Crippen molar-refractivity contribution < 1.29 is 4.79 Å². The van der Waals surface area contributed by atoms with Gasteiger partial charge in [0.1, 0.15) is 0 Å². The Labute approximate surface area is 95.3 Å². The maximum absolute atomic E-state index is 11.9. The molecule has 0 bridgehead atoms. The van der Waals surface area contributed by atoms with Gasteiger partial charge in [0.15, 0.2) is 5.69 Å². The number of hydrogen-bond acceptors (Lipinski definition) is 3. The minimum atomic E-state index is -0.155. The topological polar surface area (TPSA) is 68.0 Å². The second-order valence-corrected chi connectivity index (χ2v) is 4.53. The molecule has 16 heavy (non-hydrogen) atoms. The molecule has 1 aromatic heterocycles. The van der Waals surface area contributed by atoms with Crippen molar-refractivity contribution >= 4 is 11.6 Å². The monoisotopic (exact) mass is 219 g/mol. The molecule has 1 fully saturated rings. The fraction of sp³-hybridized carbons (Fsp3) is 0.500. The second kappa shape index (κ2) is 4.51. The zero-order chi connectivity index (χ0) is 11.5. The third-order valence-corrected chi connectivity index (χ3v) is 3.08. The van der Waals surface area contributed by atoms with Gasteiger partial charge in [-0.25, -0.2) is 4.98 Å². The molecule has 2 atom stereocenters. The number of rotatable bonds is 2. The Balaban J connectivity index is 2.01. The van der Waals surface area contributed by atoms with Crippen molar-refractivity contribution in [3.05, 3.63) is 24.0 Å². The average molecular weight is 219 g/mol. The van der Waals surface area contributed by atoms with Crippen LogP contribution in [-0.4, -0.2) is 16.9 Å². The highest BCUT2D eigenvalue weighted by atomic mass is 16.1. The van der Waals surface area contributed by atoms with Gasteiger partial charge < -0.3 is 11.1 Å². The summed E-state index contributed by atoms with van der Waals surface area (Å²) in [6.07, 6.45) is 4.88. The van der Waals surface area contributed by atoms with E-state index < -0.39 is 0 Å². The molecule has 0 saturated heterocycles. The van der Waals surface area contributed by atoms with Gasteiger partial charge in [0.05, 0.1) is 5.69 Å². The molecule has 2 rings (SSSR count). The average Bonchev–Trinajstić information content (AvgIpc) is 2.64. The molecule has 1 aliphatic carbocycles. The third kappa shape index (κ3) is 2.32. The van der Waals surface area contributed by atoms with Crippen LogP contribution in [0.4, 0.5) is 5.69 Å². The van der Waals surface area contributed by atoms with Crippen LogP contribution in [0.25, 0.3) is 0 Å². The van der Waals surface area contributed by atoms with Gasteiger partial charge in [-0.2, -0.15) is 0 Å². The number of nitrogens with two attached hydrogens (primary N) is 1. The summed E-state index contributed by atoms with van der Waals surface area (Å²) < 4.78 is 0. The molecule has 0 aromatic carbocycles. The lowest BCUT2D eigenvalue weighted by Gasteiger charge is -2.12. The molecular weight excluding hydrogens is 202 g/mol. The predicted molar refractivity (Wildman–Crippen MR) is 62.9 cm³/mol.